The average molecular weight is 428 g/mol. The second-order valence-corrected chi connectivity index (χ2v) is 7.74. The molecule has 3 heterocycles. The number of hydrogen-bond acceptors (Lipinski definition) is 6. The molecule has 0 fully saturated rings. The number of rotatable bonds is 5. The maximum atomic E-state index is 13.5. The fourth-order valence-corrected chi connectivity index (χ4v) is 3.96. The van der Waals surface area contributed by atoms with Gasteiger partial charge in [-0.3, -0.25) is 14.5 Å². The predicted molar refractivity (Wildman–Crippen MR) is 120 cm³/mol. The van der Waals surface area contributed by atoms with Gasteiger partial charge < -0.3 is 18.8 Å². The number of hydrogen-bond donors (Lipinski definition) is 1. The topological polar surface area (TPSA) is 87.1 Å². The molecule has 4 aromatic rings. The van der Waals surface area contributed by atoms with E-state index in [1.807, 2.05) is 43.3 Å². The molecule has 7 heteroatoms. The van der Waals surface area contributed by atoms with Crippen molar-refractivity contribution < 1.29 is 23.5 Å². The summed E-state index contributed by atoms with van der Waals surface area (Å²) in [5.41, 5.74) is 1.94. The summed E-state index contributed by atoms with van der Waals surface area (Å²) < 4.78 is 11.3. The SMILES string of the molecule is CN(C)c1ccc(N2C(=O)C(O)=C(C(=O)c3cc4ccccc4o3)C2c2ccco2)cc1. The Bertz CT molecular complexity index is 1310. The third kappa shape index (κ3) is 3.06. The van der Waals surface area contributed by atoms with E-state index in [-0.39, 0.29) is 11.3 Å². The molecule has 1 aliphatic heterocycles. The van der Waals surface area contributed by atoms with Crippen LogP contribution >= 0.6 is 0 Å². The van der Waals surface area contributed by atoms with Crippen molar-refractivity contribution in [3.8, 4) is 0 Å². The van der Waals surface area contributed by atoms with Gasteiger partial charge in [-0.1, -0.05) is 18.2 Å². The quantitative estimate of drug-likeness (QED) is 0.456. The van der Waals surface area contributed by atoms with E-state index in [0.717, 1.165) is 11.1 Å². The number of Topliss-reactive ketones (excluding diaryl/α,β-unsaturated/α-hetero) is 1. The second-order valence-electron chi connectivity index (χ2n) is 7.74. The van der Waals surface area contributed by atoms with Gasteiger partial charge in [-0.25, -0.2) is 0 Å². The molecule has 0 aliphatic carbocycles. The number of anilines is 2. The number of amides is 1. The highest BCUT2D eigenvalue weighted by Crippen LogP contribution is 2.42. The Morgan fingerprint density at radius 3 is 2.44 bits per heavy atom. The van der Waals surface area contributed by atoms with Gasteiger partial charge in [0.05, 0.1) is 11.8 Å². The number of carbonyl (C=O) groups excluding carboxylic acids is 2. The van der Waals surface area contributed by atoms with Crippen LogP contribution in [0.3, 0.4) is 0 Å². The molecule has 2 aromatic carbocycles. The lowest BCUT2D eigenvalue weighted by Gasteiger charge is -2.25. The molecule has 160 valence electrons. The van der Waals surface area contributed by atoms with Crippen molar-refractivity contribution in [2.45, 2.75) is 6.04 Å². The van der Waals surface area contributed by atoms with Crippen LogP contribution in [0, 0.1) is 0 Å². The van der Waals surface area contributed by atoms with Gasteiger partial charge in [0.1, 0.15) is 17.4 Å². The number of benzene rings is 2. The average Bonchev–Trinajstić information content (AvgIpc) is 3.52. The van der Waals surface area contributed by atoms with Crippen LogP contribution in [-0.4, -0.2) is 30.9 Å². The number of nitrogens with zero attached hydrogens (tertiary/aromatic N) is 2. The monoisotopic (exact) mass is 428 g/mol. The number of aliphatic hydroxyl groups is 1. The molecule has 1 unspecified atom stereocenters. The van der Waals surface area contributed by atoms with Crippen molar-refractivity contribution in [1.82, 2.24) is 0 Å². The number of aliphatic hydroxyl groups excluding tert-OH is 1. The maximum absolute atomic E-state index is 13.5. The van der Waals surface area contributed by atoms with Crippen LogP contribution in [0.5, 0.6) is 0 Å². The molecule has 32 heavy (non-hydrogen) atoms. The standard InChI is InChI=1S/C25H20N2O5/c1-26(2)16-9-11-17(12-10-16)27-22(19-8-5-13-31-19)21(24(29)25(27)30)23(28)20-14-15-6-3-4-7-18(15)32-20/h3-14,22,29H,1-2H3. The predicted octanol–water partition coefficient (Wildman–Crippen LogP) is 4.87. The molecule has 0 spiro atoms. The Hall–Kier alpha value is -4.26. The number of fused-ring (bicyclic) bond motifs is 1. The zero-order valence-electron chi connectivity index (χ0n) is 17.5. The normalized spacial score (nSPS) is 16.2. The van der Waals surface area contributed by atoms with Crippen LogP contribution in [0.1, 0.15) is 22.4 Å². The highest BCUT2D eigenvalue weighted by molar-refractivity contribution is 6.20. The Kier molecular flexibility index (Phi) is 4.59. The molecule has 0 bridgehead atoms. The molecule has 0 radical (unpaired) electrons. The molecule has 7 nitrogen and oxygen atoms in total. The van der Waals surface area contributed by atoms with Crippen LogP contribution in [0.4, 0.5) is 11.4 Å². The molecule has 1 aliphatic rings. The molecule has 0 saturated carbocycles. The summed E-state index contributed by atoms with van der Waals surface area (Å²) in [5.74, 6) is -1.46. The first-order chi connectivity index (χ1) is 15.5. The van der Waals surface area contributed by atoms with Gasteiger partial charge in [0.15, 0.2) is 11.5 Å². The molecule has 1 N–H and O–H groups in total. The van der Waals surface area contributed by atoms with Crippen LogP contribution in [0.2, 0.25) is 0 Å². The van der Waals surface area contributed by atoms with E-state index < -0.39 is 23.5 Å². The molecular weight excluding hydrogens is 408 g/mol. The molecule has 1 amide bonds. The molecular formula is C25H20N2O5. The van der Waals surface area contributed by atoms with Crippen molar-refractivity contribution in [3.63, 3.8) is 0 Å². The lowest BCUT2D eigenvalue weighted by Crippen LogP contribution is -2.30. The van der Waals surface area contributed by atoms with Crippen molar-refractivity contribution >= 4 is 34.0 Å². The summed E-state index contributed by atoms with van der Waals surface area (Å²) in [4.78, 5) is 29.9. The van der Waals surface area contributed by atoms with Crippen molar-refractivity contribution in [3.05, 3.63) is 95.8 Å². The fourth-order valence-electron chi connectivity index (χ4n) is 3.96. The van der Waals surface area contributed by atoms with Gasteiger partial charge in [-0.2, -0.15) is 0 Å². The lowest BCUT2D eigenvalue weighted by atomic mass is 9.99. The third-order valence-electron chi connectivity index (χ3n) is 5.56. The minimum Gasteiger partial charge on any atom is -0.503 e. The largest absolute Gasteiger partial charge is 0.503 e. The number of para-hydroxylation sites is 1. The van der Waals surface area contributed by atoms with Gasteiger partial charge >= 0.3 is 0 Å². The van der Waals surface area contributed by atoms with Gasteiger partial charge in [0.25, 0.3) is 5.91 Å². The van der Waals surface area contributed by atoms with E-state index in [1.165, 1.54) is 11.2 Å². The Morgan fingerprint density at radius 2 is 1.78 bits per heavy atom. The van der Waals surface area contributed by atoms with Gasteiger partial charge in [0.2, 0.25) is 5.78 Å². The van der Waals surface area contributed by atoms with E-state index >= 15 is 0 Å². The van der Waals surface area contributed by atoms with E-state index in [0.29, 0.717) is 17.0 Å². The zero-order valence-corrected chi connectivity index (χ0v) is 17.5. The van der Waals surface area contributed by atoms with Crippen LogP contribution in [0.25, 0.3) is 11.0 Å². The number of ketones is 1. The first-order valence-corrected chi connectivity index (χ1v) is 10.1. The van der Waals surface area contributed by atoms with Gasteiger partial charge in [-0.05, 0) is 48.5 Å². The first-order valence-electron chi connectivity index (χ1n) is 10.1. The number of carbonyl (C=O) groups is 2. The molecule has 0 saturated heterocycles. The van der Waals surface area contributed by atoms with E-state index in [9.17, 15) is 14.7 Å². The highest BCUT2D eigenvalue weighted by atomic mass is 16.3. The summed E-state index contributed by atoms with van der Waals surface area (Å²) in [7, 11) is 3.83. The fraction of sp³-hybridized carbons (Fsp3) is 0.120. The first kappa shape index (κ1) is 19.7. The summed E-state index contributed by atoms with van der Waals surface area (Å²) >= 11 is 0. The van der Waals surface area contributed by atoms with E-state index in [2.05, 4.69) is 0 Å². The second kappa shape index (κ2) is 7.46. The molecule has 1 atom stereocenters. The Labute approximate surface area is 183 Å². The molecule has 5 rings (SSSR count). The van der Waals surface area contributed by atoms with Crippen LogP contribution in [0.15, 0.2) is 93.2 Å². The molecule has 2 aromatic heterocycles. The van der Waals surface area contributed by atoms with Gasteiger partial charge in [-0.15, -0.1) is 0 Å². The van der Waals surface area contributed by atoms with E-state index in [1.54, 1.807) is 42.5 Å². The maximum Gasteiger partial charge on any atom is 0.294 e. The van der Waals surface area contributed by atoms with Crippen LogP contribution < -0.4 is 9.80 Å². The summed E-state index contributed by atoms with van der Waals surface area (Å²) in [6.07, 6.45) is 1.46. The summed E-state index contributed by atoms with van der Waals surface area (Å²) in [6, 6.07) is 18.5. The van der Waals surface area contributed by atoms with E-state index in [4.69, 9.17) is 8.83 Å². The minimum absolute atomic E-state index is 0.0434. The Balaban J connectivity index is 1.61. The van der Waals surface area contributed by atoms with Crippen molar-refractivity contribution in [1.29, 1.82) is 0 Å². The summed E-state index contributed by atoms with van der Waals surface area (Å²) in [5, 5.41) is 11.5. The third-order valence-corrected chi connectivity index (χ3v) is 5.56. The number of furan rings is 2. The lowest BCUT2D eigenvalue weighted by molar-refractivity contribution is -0.117. The minimum atomic E-state index is -0.927. The smallest absolute Gasteiger partial charge is 0.294 e. The van der Waals surface area contributed by atoms with Crippen molar-refractivity contribution in [2.75, 3.05) is 23.9 Å². The van der Waals surface area contributed by atoms with Crippen molar-refractivity contribution in [2.24, 2.45) is 0 Å². The van der Waals surface area contributed by atoms with Crippen LogP contribution in [-0.2, 0) is 4.79 Å². The van der Waals surface area contributed by atoms with Gasteiger partial charge in [0, 0.05) is 30.9 Å². The Morgan fingerprint density at radius 1 is 1.03 bits per heavy atom. The summed E-state index contributed by atoms with van der Waals surface area (Å²) in [6.45, 7) is 0. The zero-order chi connectivity index (χ0) is 22.4. The highest BCUT2D eigenvalue weighted by Gasteiger charge is 2.46.